The highest BCUT2D eigenvalue weighted by Crippen LogP contribution is 2.22. The van der Waals surface area contributed by atoms with Crippen LogP contribution in [0.1, 0.15) is 19.4 Å². The van der Waals surface area contributed by atoms with E-state index in [1.807, 2.05) is 18.2 Å². The molecule has 0 unspecified atom stereocenters. The number of nitrogens with zero attached hydrogens (tertiary/aromatic N) is 1. The second-order valence-electron chi connectivity index (χ2n) is 3.84. The van der Waals surface area contributed by atoms with Crippen LogP contribution < -0.4 is 0 Å². The summed E-state index contributed by atoms with van der Waals surface area (Å²) in [6.45, 7) is 3.19. The smallest absolute Gasteiger partial charge is 0.220 e. The largest absolute Gasteiger partial charge is 0.264 e. The molecule has 0 radical (unpaired) electrons. The zero-order valence-corrected chi connectivity index (χ0v) is 8.91. The molecule has 76 valence electrons. The van der Waals surface area contributed by atoms with Crippen LogP contribution in [-0.4, -0.2) is 10.5 Å². The van der Waals surface area contributed by atoms with E-state index < -0.39 is 5.54 Å². The molecule has 1 rings (SSSR count). The van der Waals surface area contributed by atoms with Gasteiger partial charge in [-0.2, -0.15) is 0 Å². The predicted octanol–water partition coefficient (Wildman–Crippen LogP) is 2.94. The lowest BCUT2D eigenvalue weighted by atomic mass is 9.96. The van der Waals surface area contributed by atoms with Gasteiger partial charge in [0, 0.05) is 30.2 Å². The van der Waals surface area contributed by atoms with Crippen molar-refractivity contribution >= 4 is 11.6 Å². The van der Waals surface area contributed by atoms with E-state index in [1.165, 1.54) is 0 Å². The average molecular weight is 214 g/mol. The summed E-state index contributed by atoms with van der Waals surface area (Å²) in [7, 11) is 0. The summed E-state index contributed by atoms with van der Waals surface area (Å²) in [6.07, 6.45) is 0.347. The first-order chi connectivity index (χ1) is 6.43. The summed E-state index contributed by atoms with van der Waals surface area (Å²) in [5.74, 6) is 0. The molecule has 3 nitrogen and oxygen atoms in total. The van der Waals surface area contributed by atoms with Gasteiger partial charge in [0.05, 0.1) is 0 Å². The van der Waals surface area contributed by atoms with Crippen molar-refractivity contribution in [2.75, 3.05) is 0 Å². The van der Waals surface area contributed by atoms with Gasteiger partial charge in [-0.25, -0.2) is 0 Å². The van der Waals surface area contributed by atoms with Crippen LogP contribution in [0.4, 0.5) is 0 Å². The topological polar surface area (TPSA) is 43.1 Å². The molecule has 0 fully saturated rings. The zero-order chi connectivity index (χ0) is 10.8. The van der Waals surface area contributed by atoms with Gasteiger partial charge in [-0.1, -0.05) is 29.8 Å². The Hall–Kier alpha value is -1.09. The van der Waals surface area contributed by atoms with Gasteiger partial charge in [-0.15, -0.1) is 0 Å². The van der Waals surface area contributed by atoms with Crippen LogP contribution in [-0.2, 0) is 6.42 Å². The Morgan fingerprint density at radius 3 is 2.50 bits per heavy atom. The van der Waals surface area contributed by atoms with Crippen molar-refractivity contribution in [3.05, 3.63) is 45.0 Å². The maximum absolute atomic E-state index is 10.7. The molecule has 0 heterocycles. The van der Waals surface area contributed by atoms with E-state index in [-0.39, 0.29) is 4.92 Å². The normalized spacial score (nSPS) is 11.4. The summed E-state index contributed by atoms with van der Waals surface area (Å²) in [5.41, 5.74) is -0.152. The molecule has 0 bridgehead atoms. The quantitative estimate of drug-likeness (QED) is 0.572. The van der Waals surface area contributed by atoms with Crippen LogP contribution in [0.25, 0.3) is 0 Å². The first-order valence-electron chi connectivity index (χ1n) is 4.31. The Balaban J connectivity index is 2.89. The van der Waals surface area contributed by atoms with Gasteiger partial charge in [0.25, 0.3) is 0 Å². The van der Waals surface area contributed by atoms with Crippen LogP contribution >= 0.6 is 11.6 Å². The monoisotopic (exact) mass is 213 g/mol. The highest BCUT2D eigenvalue weighted by molar-refractivity contribution is 6.31. The maximum Gasteiger partial charge on any atom is 0.220 e. The summed E-state index contributed by atoms with van der Waals surface area (Å²) >= 11 is 5.91. The van der Waals surface area contributed by atoms with E-state index in [2.05, 4.69) is 0 Å². The summed E-state index contributed by atoms with van der Waals surface area (Å²) < 4.78 is 0. The van der Waals surface area contributed by atoms with E-state index >= 15 is 0 Å². The van der Waals surface area contributed by atoms with Gasteiger partial charge < -0.3 is 0 Å². The molecule has 4 heteroatoms. The number of hydrogen-bond donors (Lipinski definition) is 0. The van der Waals surface area contributed by atoms with Crippen LogP contribution in [0.2, 0.25) is 5.02 Å². The third-order valence-corrected chi connectivity index (χ3v) is 2.44. The standard InChI is InChI=1S/C10H12ClNO2/c1-10(2,12(13)14)7-8-5-3-4-6-9(8)11/h3-6H,7H2,1-2H3. The minimum Gasteiger partial charge on any atom is -0.264 e. The van der Waals surface area contributed by atoms with Crippen LogP contribution in [0.15, 0.2) is 24.3 Å². The third-order valence-electron chi connectivity index (χ3n) is 2.08. The zero-order valence-electron chi connectivity index (χ0n) is 8.16. The number of benzene rings is 1. The highest BCUT2D eigenvalue weighted by atomic mass is 35.5. The Bertz CT molecular complexity index is 350. The van der Waals surface area contributed by atoms with Gasteiger partial charge in [0.15, 0.2) is 0 Å². The summed E-state index contributed by atoms with van der Waals surface area (Å²) in [4.78, 5) is 10.4. The van der Waals surface area contributed by atoms with Crippen molar-refractivity contribution in [3.8, 4) is 0 Å². The Morgan fingerprint density at radius 2 is 2.00 bits per heavy atom. The number of halogens is 1. The molecule has 0 atom stereocenters. The van der Waals surface area contributed by atoms with E-state index in [0.29, 0.717) is 11.4 Å². The van der Waals surface area contributed by atoms with Gasteiger partial charge in [0.2, 0.25) is 5.54 Å². The van der Waals surface area contributed by atoms with Crippen molar-refractivity contribution in [1.29, 1.82) is 0 Å². The molecule has 1 aromatic rings. The van der Waals surface area contributed by atoms with Gasteiger partial charge >= 0.3 is 0 Å². The van der Waals surface area contributed by atoms with E-state index in [1.54, 1.807) is 19.9 Å². The molecule has 0 amide bonds. The summed E-state index contributed by atoms with van der Waals surface area (Å²) in [6, 6.07) is 7.20. The van der Waals surface area contributed by atoms with Crippen molar-refractivity contribution in [1.82, 2.24) is 0 Å². The highest BCUT2D eigenvalue weighted by Gasteiger charge is 2.31. The molecule has 0 aliphatic rings. The Kier molecular flexibility index (Phi) is 3.11. The van der Waals surface area contributed by atoms with Crippen LogP contribution in [0.5, 0.6) is 0 Å². The van der Waals surface area contributed by atoms with E-state index in [0.717, 1.165) is 5.56 Å². The van der Waals surface area contributed by atoms with Crippen molar-refractivity contribution in [2.45, 2.75) is 25.8 Å². The second kappa shape index (κ2) is 3.96. The second-order valence-corrected chi connectivity index (χ2v) is 4.24. The number of nitro groups is 1. The molecule has 0 spiro atoms. The molecule has 1 aromatic carbocycles. The third kappa shape index (κ3) is 2.45. The van der Waals surface area contributed by atoms with Gasteiger partial charge in [-0.3, -0.25) is 10.1 Å². The maximum atomic E-state index is 10.7. The molecule has 0 N–H and O–H groups in total. The van der Waals surface area contributed by atoms with Crippen molar-refractivity contribution in [2.24, 2.45) is 0 Å². The fourth-order valence-corrected chi connectivity index (χ4v) is 1.37. The van der Waals surface area contributed by atoms with Crippen LogP contribution in [0.3, 0.4) is 0 Å². The lowest BCUT2D eigenvalue weighted by molar-refractivity contribution is -0.560. The predicted molar refractivity (Wildman–Crippen MR) is 56.2 cm³/mol. The minimum atomic E-state index is -0.967. The first kappa shape index (κ1) is 11.0. The van der Waals surface area contributed by atoms with E-state index in [4.69, 9.17) is 11.6 Å². The van der Waals surface area contributed by atoms with Crippen LogP contribution in [0, 0.1) is 10.1 Å². The molecule has 14 heavy (non-hydrogen) atoms. The average Bonchev–Trinajstić information content (AvgIpc) is 2.08. The fraction of sp³-hybridized carbons (Fsp3) is 0.400. The molecule has 0 aliphatic carbocycles. The van der Waals surface area contributed by atoms with Crippen molar-refractivity contribution < 1.29 is 4.92 Å². The fourth-order valence-electron chi connectivity index (χ4n) is 1.17. The van der Waals surface area contributed by atoms with Gasteiger partial charge in [0.1, 0.15) is 0 Å². The lowest BCUT2D eigenvalue weighted by Gasteiger charge is -2.15. The molecule has 0 saturated carbocycles. The molecule has 0 aliphatic heterocycles. The Labute approximate surface area is 87.8 Å². The molecular weight excluding hydrogens is 202 g/mol. The molecule has 0 saturated heterocycles. The number of hydrogen-bond acceptors (Lipinski definition) is 2. The van der Waals surface area contributed by atoms with Crippen molar-refractivity contribution in [3.63, 3.8) is 0 Å². The molecule has 0 aromatic heterocycles. The Morgan fingerprint density at radius 1 is 1.43 bits per heavy atom. The molecular formula is C10H12ClNO2. The van der Waals surface area contributed by atoms with Gasteiger partial charge in [-0.05, 0) is 11.6 Å². The minimum absolute atomic E-state index is 0.281. The number of rotatable bonds is 3. The first-order valence-corrected chi connectivity index (χ1v) is 4.69. The summed E-state index contributed by atoms with van der Waals surface area (Å²) in [5, 5.41) is 11.3. The SMILES string of the molecule is CC(C)(Cc1ccccc1Cl)[N+](=O)[O-]. The lowest BCUT2D eigenvalue weighted by Crippen LogP contribution is -2.33. The van der Waals surface area contributed by atoms with E-state index in [9.17, 15) is 10.1 Å².